The van der Waals surface area contributed by atoms with Gasteiger partial charge < -0.3 is 9.84 Å². The number of carbonyl (C=O) groups is 1. The Morgan fingerprint density at radius 3 is 2.11 bits per heavy atom. The zero-order valence-corrected chi connectivity index (χ0v) is 13.9. The van der Waals surface area contributed by atoms with Gasteiger partial charge in [-0.15, -0.1) is 13.2 Å². The van der Waals surface area contributed by atoms with Gasteiger partial charge in [-0.3, -0.25) is 0 Å². The lowest BCUT2D eigenvalue weighted by atomic mass is 9.96. The Bertz CT molecular complexity index is 893. The number of carboxylic acids is 1. The SMILES string of the molecule is O=C(O)C=CC=C(c1ccc(C(F)(F)F)cc1)c1cccc(OC(F)(F)F)c1. The molecule has 0 heterocycles. The third-order valence-electron chi connectivity index (χ3n) is 3.40. The van der Waals surface area contributed by atoms with Crippen LogP contribution < -0.4 is 4.74 Å². The van der Waals surface area contributed by atoms with Crippen LogP contribution in [0, 0.1) is 0 Å². The maximum Gasteiger partial charge on any atom is 0.573 e. The average Bonchev–Trinajstić information content (AvgIpc) is 2.56. The zero-order chi connectivity index (χ0) is 20.9. The van der Waals surface area contributed by atoms with Gasteiger partial charge in [0.2, 0.25) is 0 Å². The summed E-state index contributed by atoms with van der Waals surface area (Å²) in [6.45, 7) is 0. The quantitative estimate of drug-likeness (QED) is 0.398. The van der Waals surface area contributed by atoms with Crippen LogP contribution in [0.4, 0.5) is 26.3 Å². The van der Waals surface area contributed by atoms with Gasteiger partial charge in [0.15, 0.2) is 0 Å². The normalized spacial score (nSPS) is 13.0. The minimum absolute atomic E-state index is 0.191. The van der Waals surface area contributed by atoms with E-state index >= 15 is 0 Å². The molecule has 0 amide bonds. The van der Waals surface area contributed by atoms with Crippen LogP contribution >= 0.6 is 0 Å². The summed E-state index contributed by atoms with van der Waals surface area (Å²) in [5.74, 6) is -1.79. The molecule has 0 radical (unpaired) electrons. The highest BCUT2D eigenvalue weighted by molar-refractivity contribution is 5.84. The smallest absolute Gasteiger partial charge is 0.478 e. The first-order chi connectivity index (χ1) is 13.0. The first kappa shape index (κ1) is 21.1. The molecule has 2 rings (SSSR count). The molecule has 148 valence electrons. The third-order valence-corrected chi connectivity index (χ3v) is 3.40. The predicted molar refractivity (Wildman–Crippen MR) is 88.4 cm³/mol. The summed E-state index contributed by atoms with van der Waals surface area (Å²) in [5, 5.41) is 8.68. The number of benzene rings is 2. The van der Waals surface area contributed by atoms with Crippen molar-refractivity contribution in [3.05, 3.63) is 83.4 Å². The number of rotatable bonds is 5. The lowest BCUT2D eigenvalue weighted by Gasteiger charge is -2.13. The van der Waals surface area contributed by atoms with E-state index in [1.165, 1.54) is 18.2 Å². The summed E-state index contributed by atoms with van der Waals surface area (Å²) in [6.07, 6.45) is -6.30. The summed E-state index contributed by atoms with van der Waals surface area (Å²) < 4.78 is 79.3. The van der Waals surface area contributed by atoms with Crippen molar-refractivity contribution in [1.82, 2.24) is 0 Å². The molecule has 0 fully saturated rings. The molecule has 28 heavy (non-hydrogen) atoms. The summed E-state index contributed by atoms with van der Waals surface area (Å²) in [4.78, 5) is 10.6. The lowest BCUT2D eigenvalue weighted by Crippen LogP contribution is -2.17. The molecule has 0 saturated carbocycles. The molecule has 0 aliphatic carbocycles. The maximum atomic E-state index is 12.7. The monoisotopic (exact) mass is 402 g/mol. The molecule has 0 bridgehead atoms. The number of hydrogen-bond acceptors (Lipinski definition) is 2. The van der Waals surface area contributed by atoms with Gasteiger partial charge in [0.1, 0.15) is 5.75 Å². The number of allylic oxidation sites excluding steroid dienone is 2. The number of alkyl halides is 6. The summed E-state index contributed by atoms with van der Waals surface area (Å²) in [7, 11) is 0. The fourth-order valence-electron chi connectivity index (χ4n) is 2.29. The van der Waals surface area contributed by atoms with E-state index in [1.807, 2.05) is 0 Å². The second kappa shape index (κ2) is 8.20. The van der Waals surface area contributed by atoms with E-state index in [-0.39, 0.29) is 16.7 Å². The number of ether oxygens (including phenoxy) is 1. The molecule has 1 N–H and O–H groups in total. The Morgan fingerprint density at radius 2 is 1.57 bits per heavy atom. The van der Waals surface area contributed by atoms with Crippen molar-refractivity contribution < 1.29 is 41.0 Å². The highest BCUT2D eigenvalue weighted by Crippen LogP contribution is 2.33. The molecule has 2 aromatic rings. The third kappa shape index (κ3) is 6.19. The van der Waals surface area contributed by atoms with E-state index in [9.17, 15) is 31.1 Å². The zero-order valence-electron chi connectivity index (χ0n) is 13.9. The predicted octanol–water partition coefficient (Wildman–Crippen LogP) is 5.68. The fourth-order valence-corrected chi connectivity index (χ4v) is 2.29. The van der Waals surface area contributed by atoms with Crippen LogP contribution in [0.3, 0.4) is 0 Å². The van der Waals surface area contributed by atoms with Crippen molar-refractivity contribution in [2.45, 2.75) is 12.5 Å². The molecule has 3 nitrogen and oxygen atoms in total. The highest BCUT2D eigenvalue weighted by Gasteiger charge is 2.31. The molecule has 9 heteroatoms. The number of hydrogen-bond donors (Lipinski definition) is 1. The topological polar surface area (TPSA) is 46.5 Å². The van der Waals surface area contributed by atoms with Gasteiger partial charge in [0.05, 0.1) is 5.56 Å². The maximum absolute atomic E-state index is 12.7. The molecule has 0 aromatic heterocycles. The molecule has 0 aliphatic rings. The van der Waals surface area contributed by atoms with Crippen molar-refractivity contribution in [1.29, 1.82) is 0 Å². The van der Waals surface area contributed by atoms with Crippen molar-refractivity contribution in [2.75, 3.05) is 0 Å². The van der Waals surface area contributed by atoms with E-state index in [1.54, 1.807) is 0 Å². The Labute approximate surface area is 155 Å². The van der Waals surface area contributed by atoms with Gasteiger partial charge >= 0.3 is 18.5 Å². The molecular formula is C19H12F6O3. The van der Waals surface area contributed by atoms with Crippen molar-refractivity contribution in [3.8, 4) is 5.75 Å². The Balaban J connectivity index is 2.49. The molecule has 0 unspecified atom stereocenters. The van der Waals surface area contributed by atoms with Gasteiger partial charge in [-0.2, -0.15) is 13.2 Å². The number of aliphatic carboxylic acids is 1. The van der Waals surface area contributed by atoms with Crippen molar-refractivity contribution in [2.24, 2.45) is 0 Å². The second-order valence-electron chi connectivity index (χ2n) is 5.43. The molecular weight excluding hydrogens is 390 g/mol. The Morgan fingerprint density at radius 1 is 0.929 bits per heavy atom. The minimum Gasteiger partial charge on any atom is -0.478 e. The largest absolute Gasteiger partial charge is 0.573 e. The first-order valence-electron chi connectivity index (χ1n) is 7.61. The van der Waals surface area contributed by atoms with Gasteiger partial charge in [-0.25, -0.2) is 4.79 Å². The van der Waals surface area contributed by atoms with Gasteiger partial charge in [0.25, 0.3) is 0 Å². The van der Waals surface area contributed by atoms with Crippen molar-refractivity contribution >= 4 is 11.5 Å². The minimum atomic E-state index is -4.92. The van der Waals surface area contributed by atoms with Crippen LogP contribution in [0.2, 0.25) is 0 Å². The van der Waals surface area contributed by atoms with Crippen LogP contribution in [-0.2, 0) is 11.0 Å². The molecule has 0 atom stereocenters. The van der Waals surface area contributed by atoms with Gasteiger partial charge in [-0.05, 0) is 41.0 Å². The van der Waals surface area contributed by atoms with Crippen LogP contribution in [0.5, 0.6) is 5.75 Å². The number of carboxylic acid groups (broad SMARTS) is 1. The Kier molecular flexibility index (Phi) is 6.17. The Hall–Kier alpha value is -3.23. The van der Waals surface area contributed by atoms with E-state index < -0.39 is 29.8 Å². The van der Waals surface area contributed by atoms with E-state index in [0.717, 1.165) is 48.6 Å². The summed E-state index contributed by atoms with van der Waals surface area (Å²) >= 11 is 0. The first-order valence-corrected chi connectivity index (χ1v) is 7.61. The van der Waals surface area contributed by atoms with Crippen LogP contribution in [-0.4, -0.2) is 17.4 Å². The van der Waals surface area contributed by atoms with Crippen LogP contribution in [0.15, 0.2) is 66.8 Å². The van der Waals surface area contributed by atoms with Crippen LogP contribution in [0.25, 0.3) is 5.57 Å². The van der Waals surface area contributed by atoms with Gasteiger partial charge in [0, 0.05) is 6.08 Å². The molecule has 0 saturated heterocycles. The summed E-state index contributed by atoms with van der Waals surface area (Å²) in [5.41, 5.74) is -0.256. The lowest BCUT2D eigenvalue weighted by molar-refractivity contribution is -0.274. The summed E-state index contributed by atoms with van der Waals surface area (Å²) in [6, 6.07) is 8.72. The number of halogens is 6. The molecule has 0 aliphatic heterocycles. The second-order valence-corrected chi connectivity index (χ2v) is 5.43. The van der Waals surface area contributed by atoms with E-state index in [2.05, 4.69) is 4.74 Å². The molecule has 0 spiro atoms. The highest BCUT2D eigenvalue weighted by atomic mass is 19.4. The average molecular weight is 402 g/mol. The van der Waals surface area contributed by atoms with E-state index in [0.29, 0.717) is 0 Å². The molecule has 2 aromatic carbocycles. The standard InChI is InChI=1S/C19H12F6O3/c20-18(21,22)14-9-7-12(8-10-14)16(5-2-6-17(26)27)13-3-1-4-15(11-13)28-19(23,24)25/h1-11H,(H,26,27). The van der Waals surface area contributed by atoms with Crippen molar-refractivity contribution in [3.63, 3.8) is 0 Å². The van der Waals surface area contributed by atoms with Gasteiger partial charge in [-0.1, -0.05) is 36.4 Å². The van der Waals surface area contributed by atoms with E-state index in [4.69, 9.17) is 5.11 Å². The fraction of sp³-hybridized carbons (Fsp3) is 0.105. The van der Waals surface area contributed by atoms with Crippen LogP contribution in [0.1, 0.15) is 16.7 Å².